The molecular formula is C10H14ClFN2O2S. The molecule has 7 heteroatoms. The average Bonchev–Trinajstić information content (AvgIpc) is 2.31. The standard InChI is InChI=1S/C10H13FN2O2S.ClH/c11-6-9(7-12)8-13-16(14,15)10-4-2-1-3-5-10;/h1-6,13H,7-8,12H2;1H. The number of benzene rings is 1. The molecule has 4 nitrogen and oxygen atoms in total. The van der Waals surface area contributed by atoms with Gasteiger partial charge in [-0.15, -0.1) is 12.4 Å². The van der Waals surface area contributed by atoms with Crippen molar-refractivity contribution in [3.63, 3.8) is 0 Å². The van der Waals surface area contributed by atoms with Gasteiger partial charge in [0.1, 0.15) is 0 Å². The third-order valence-corrected chi connectivity index (χ3v) is 3.38. The first-order chi connectivity index (χ1) is 7.60. The van der Waals surface area contributed by atoms with Gasteiger partial charge in [-0.2, -0.15) is 0 Å². The van der Waals surface area contributed by atoms with Crippen molar-refractivity contribution in [2.24, 2.45) is 5.73 Å². The van der Waals surface area contributed by atoms with Gasteiger partial charge in [0.15, 0.2) is 0 Å². The van der Waals surface area contributed by atoms with Crippen molar-refractivity contribution in [3.8, 4) is 0 Å². The smallest absolute Gasteiger partial charge is 0.240 e. The summed E-state index contributed by atoms with van der Waals surface area (Å²) >= 11 is 0. The Morgan fingerprint density at radius 3 is 2.41 bits per heavy atom. The molecule has 3 N–H and O–H groups in total. The van der Waals surface area contributed by atoms with Gasteiger partial charge in [-0.1, -0.05) is 18.2 Å². The predicted octanol–water partition coefficient (Wildman–Crippen LogP) is 1.20. The second-order valence-electron chi connectivity index (χ2n) is 3.11. The van der Waals surface area contributed by atoms with E-state index in [2.05, 4.69) is 4.72 Å². The van der Waals surface area contributed by atoms with Gasteiger partial charge in [-0.05, 0) is 17.7 Å². The van der Waals surface area contributed by atoms with Gasteiger partial charge in [0.25, 0.3) is 0 Å². The molecule has 0 atom stereocenters. The van der Waals surface area contributed by atoms with E-state index in [0.29, 0.717) is 6.33 Å². The first-order valence-electron chi connectivity index (χ1n) is 4.63. The van der Waals surface area contributed by atoms with Crippen LogP contribution in [0.5, 0.6) is 0 Å². The summed E-state index contributed by atoms with van der Waals surface area (Å²) in [4.78, 5) is 0.144. The van der Waals surface area contributed by atoms with Crippen LogP contribution in [0.3, 0.4) is 0 Å². The van der Waals surface area contributed by atoms with Gasteiger partial charge >= 0.3 is 0 Å². The zero-order chi connectivity index (χ0) is 12.0. The molecule has 0 radical (unpaired) electrons. The Hall–Kier alpha value is -0.950. The number of hydrogen-bond acceptors (Lipinski definition) is 3. The maximum absolute atomic E-state index is 12.2. The number of halogens is 2. The van der Waals surface area contributed by atoms with E-state index in [0.717, 1.165) is 0 Å². The van der Waals surface area contributed by atoms with Crippen LogP contribution in [0.15, 0.2) is 47.1 Å². The molecular weight excluding hydrogens is 267 g/mol. The lowest BCUT2D eigenvalue weighted by Gasteiger charge is -2.07. The Labute approximate surface area is 106 Å². The summed E-state index contributed by atoms with van der Waals surface area (Å²) in [6, 6.07) is 7.87. The van der Waals surface area contributed by atoms with Gasteiger partial charge in [-0.3, -0.25) is 0 Å². The van der Waals surface area contributed by atoms with E-state index >= 15 is 0 Å². The van der Waals surface area contributed by atoms with Crippen molar-refractivity contribution in [2.75, 3.05) is 13.1 Å². The van der Waals surface area contributed by atoms with Gasteiger partial charge in [0, 0.05) is 13.1 Å². The fourth-order valence-electron chi connectivity index (χ4n) is 1.03. The molecule has 0 fully saturated rings. The fourth-order valence-corrected chi connectivity index (χ4v) is 2.08. The Morgan fingerprint density at radius 2 is 1.94 bits per heavy atom. The van der Waals surface area contributed by atoms with E-state index in [9.17, 15) is 12.8 Å². The van der Waals surface area contributed by atoms with Crippen molar-refractivity contribution in [1.82, 2.24) is 4.72 Å². The second kappa shape index (κ2) is 7.39. The lowest BCUT2D eigenvalue weighted by atomic mass is 10.3. The van der Waals surface area contributed by atoms with Crippen LogP contribution in [0.4, 0.5) is 4.39 Å². The molecule has 0 bridgehead atoms. The van der Waals surface area contributed by atoms with E-state index in [1.165, 1.54) is 12.1 Å². The molecule has 0 unspecified atom stereocenters. The highest BCUT2D eigenvalue weighted by Gasteiger charge is 2.12. The molecule has 0 aromatic heterocycles. The highest BCUT2D eigenvalue weighted by molar-refractivity contribution is 7.89. The monoisotopic (exact) mass is 280 g/mol. The molecule has 0 aliphatic carbocycles. The molecule has 0 aliphatic rings. The highest BCUT2D eigenvalue weighted by Crippen LogP contribution is 2.07. The molecule has 1 rings (SSSR count). The third-order valence-electron chi connectivity index (χ3n) is 1.96. The summed E-state index contributed by atoms with van der Waals surface area (Å²) in [7, 11) is -3.59. The van der Waals surface area contributed by atoms with E-state index < -0.39 is 10.0 Å². The normalized spacial score (nSPS) is 12.0. The number of hydrogen-bond donors (Lipinski definition) is 2. The van der Waals surface area contributed by atoms with Crippen molar-refractivity contribution in [1.29, 1.82) is 0 Å². The van der Waals surface area contributed by atoms with Crippen LogP contribution in [0.2, 0.25) is 0 Å². The second-order valence-corrected chi connectivity index (χ2v) is 4.88. The zero-order valence-electron chi connectivity index (χ0n) is 8.97. The lowest BCUT2D eigenvalue weighted by molar-refractivity contribution is 0.583. The Morgan fingerprint density at radius 1 is 1.35 bits per heavy atom. The van der Waals surface area contributed by atoms with Crippen LogP contribution in [0.25, 0.3) is 0 Å². The third kappa shape index (κ3) is 4.82. The van der Waals surface area contributed by atoms with Crippen LogP contribution >= 0.6 is 12.4 Å². The van der Waals surface area contributed by atoms with E-state index in [1.807, 2.05) is 0 Å². The molecule has 0 heterocycles. The number of nitrogens with one attached hydrogen (secondary N) is 1. The molecule has 0 saturated heterocycles. The number of nitrogens with two attached hydrogens (primary N) is 1. The Balaban J connectivity index is 0.00000256. The first-order valence-corrected chi connectivity index (χ1v) is 6.11. The maximum atomic E-state index is 12.2. The molecule has 1 aromatic carbocycles. The predicted molar refractivity (Wildman–Crippen MR) is 67.1 cm³/mol. The van der Waals surface area contributed by atoms with Crippen LogP contribution in [-0.2, 0) is 10.0 Å². The summed E-state index contributed by atoms with van der Waals surface area (Å²) in [5, 5.41) is 0. The summed E-state index contributed by atoms with van der Waals surface area (Å²) in [5.41, 5.74) is 5.40. The van der Waals surface area contributed by atoms with Gasteiger partial charge in [-0.25, -0.2) is 17.5 Å². The Bertz CT molecular complexity index is 462. The van der Waals surface area contributed by atoms with E-state index in [4.69, 9.17) is 5.73 Å². The highest BCUT2D eigenvalue weighted by atomic mass is 35.5. The lowest BCUT2D eigenvalue weighted by Crippen LogP contribution is -2.27. The zero-order valence-corrected chi connectivity index (χ0v) is 10.6. The van der Waals surface area contributed by atoms with Crippen molar-refractivity contribution < 1.29 is 12.8 Å². The Kier molecular flexibility index (Phi) is 6.98. The molecule has 96 valence electrons. The summed E-state index contributed by atoms with van der Waals surface area (Å²) < 4.78 is 37.8. The molecule has 1 aromatic rings. The quantitative estimate of drug-likeness (QED) is 0.851. The van der Waals surface area contributed by atoms with Crippen molar-refractivity contribution in [3.05, 3.63) is 42.2 Å². The van der Waals surface area contributed by atoms with Crippen molar-refractivity contribution >= 4 is 22.4 Å². The SMILES string of the molecule is Cl.NCC(=CF)CNS(=O)(=O)c1ccccc1. The average molecular weight is 281 g/mol. The molecule has 0 spiro atoms. The first kappa shape index (κ1) is 16.1. The van der Waals surface area contributed by atoms with Crippen LogP contribution in [0, 0.1) is 0 Å². The molecule has 0 saturated carbocycles. The van der Waals surface area contributed by atoms with Crippen LogP contribution < -0.4 is 10.5 Å². The molecule has 0 aliphatic heterocycles. The topological polar surface area (TPSA) is 72.2 Å². The summed E-state index contributed by atoms with van der Waals surface area (Å²) in [5.74, 6) is 0. The fraction of sp³-hybridized carbons (Fsp3) is 0.200. The summed E-state index contributed by atoms with van der Waals surface area (Å²) in [6.45, 7) is -0.141. The van der Waals surface area contributed by atoms with Crippen molar-refractivity contribution in [2.45, 2.75) is 4.90 Å². The maximum Gasteiger partial charge on any atom is 0.240 e. The minimum Gasteiger partial charge on any atom is -0.327 e. The molecule has 0 amide bonds. The van der Waals surface area contributed by atoms with Gasteiger partial charge < -0.3 is 5.73 Å². The summed E-state index contributed by atoms with van der Waals surface area (Å²) in [6.07, 6.45) is 0.313. The minimum atomic E-state index is -3.59. The van der Waals surface area contributed by atoms with Crippen LogP contribution in [0.1, 0.15) is 0 Å². The minimum absolute atomic E-state index is 0. The van der Waals surface area contributed by atoms with E-state index in [-0.39, 0.29) is 36.0 Å². The largest absolute Gasteiger partial charge is 0.327 e. The molecule has 17 heavy (non-hydrogen) atoms. The van der Waals surface area contributed by atoms with Gasteiger partial charge in [0.05, 0.1) is 11.2 Å². The van der Waals surface area contributed by atoms with Gasteiger partial charge in [0.2, 0.25) is 10.0 Å². The van der Waals surface area contributed by atoms with Crippen LogP contribution in [-0.4, -0.2) is 21.5 Å². The number of sulfonamides is 1. The van der Waals surface area contributed by atoms with E-state index in [1.54, 1.807) is 18.2 Å². The number of rotatable bonds is 5.